The molecular formula is C9H8F3NO3. The maximum absolute atomic E-state index is 13.4. The van der Waals surface area contributed by atoms with Gasteiger partial charge in [-0.3, -0.25) is 4.79 Å². The summed E-state index contributed by atoms with van der Waals surface area (Å²) in [5.74, 6) is -6.83. The highest BCUT2D eigenvalue weighted by molar-refractivity contribution is 5.75. The van der Waals surface area contributed by atoms with Crippen LogP contribution in [-0.2, 0) is 4.79 Å². The molecule has 0 fully saturated rings. The van der Waals surface area contributed by atoms with Crippen molar-refractivity contribution in [3.05, 3.63) is 29.1 Å². The highest BCUT2D eigenvalue weighted by Gasteiger charge is 2.26. The molecule has 0 aliphatic carbocycles. The van der Waals surface area contributed by atoms with Crippen molar-refractivity contribution in [1.29, 1.82) is 0 Å². The average Bonchev–Trinajstić information content (AvgIpc) is 2.23. The molecule has 0 aromatic heterocycles. The second kappa shape index (κ2) is 4.40. The van der Waals surface area contributed by atoms with E-state index < -0.39 is 40.8 Å². The molecule has 0 saturated carbocycles. The van der Waals surface area contributed by atoms with Crippen LogP contribution in [0.5, 0.6) is 5.75 Å². The Hall–Kier alpha value is -1.76. The third-order valence-corrected chi connectivity index (χ3v) is 1.95. The Kier molecular flexibility index (Phi) is 3.38. The number of hydrogen-bond acceptors (Lipinski definition) is 3. The zero-order valence-corrected chi connectivity index (χ0v) is 8.13. The topological polar surface area (TPSA) is 72.5 Å². The van der Waals surface area contributed by atoms with Crippen molar-refractivity contribution in [2.45, 2.75) is 6.04 Å². The van der Waals surface area contributed by atoms with E-state index in [1.165, 1.54) is 0 Å². The Morgan fingerprint density at radius 1 is 1.44 bits per heavy atom. The molecule has 0 aliphatic rings. The summed E-state index contributed by atoms with van der Waals surface area (Å²) in [6, 6.07) is -1.39. The lowest BCUT2D eigenvalue weighted by Gasteiger charge is -2.12. The summed E-state index contributed by atoms with van der Waals surface area (Å²) in [6.07, 6.45) is 0. The maximum atomic E-state index is 13.4. The molecule has 1 rings (SSSR count). The first kappa shape index (κ1) is 12.3. The number of methoxy groups -OCH3 is 1. The summed E-state index contributed by atoms with van der Waals surface area (Å²) in [4.78, 5) is 10.5. The molecule has 3 N–H and O–H groups in total. The van der Waals surface area contributed by atoms with Gasteiger partial charge in [-0.1, -0.05) is 0 Å². The second-order valence-corrected chi connectivity index (χ2v) is 2.92. The molecule has 0 aliphatic heterocycles. The van der Waals surface area contributed by atoms with Crippen LogP contribution >= 0.6 is 0 Å². The van der Waals surface area contributed by atoms with Crippen molar-refractivity contribution in [1.82, 2.24) is 0 Å². The average molecular weight is 235 g/mol. The van der Waals surface area contributed by atoms with Crippen molar-refractivity contribution in [3.8, 4) is 5.75 Å². The smallest absolute Gasteiger partial charge is 0.325 e. The van der Waals surface area contributed by atoms with Gasteiger partial charge in [0.25, 0.3) is 0 Å². The number of hydrogen-bond donors (Lipinski definition) is 2. The van der Waals surface area contributed by atoms with Crippen LogP contribution in [0.15, 0.2) is 6.07 Å². The van der Waals surface area contributed by atoms with Crippen molar-refractivity contribution in [3.63, 3.8) is 0 Å². The van der Waals surface area contributed by atoms with Crippen LogP contribution in [0.25, 0.3) is 0 Å². The molecule has 16 heavy (non-hydrogen) atoms. The first-order valence-electron chi connectivity index (χ1n) is 4.10. The molecule has 1 aromatic rings. The van der Waals surface area contributed by atoms with Gasteiger partial charge in [0, 0.05) is 5.56 Å². The van der Waals surface area contributed by atoms with E-state index in [1.54, 1.807) is 0 Å². The molecule has 0 unspecified atom stereocenters. The maximum Gasteiger partial charge on any atom is 0.325 e. The lowest BCUT2D eigenvalue weighted by molar-refractivity contribution is -0.138. The van der Waals surface area contributed by atoms with Crippen molar-refractivity contribution < 1.29 is 27.8 Å². The molecule has 0 saturated heterocycles. The fourth-order valence-electron chi connectivity index (χ4n) is 1.14. The van der Waals surface area contributed by atoms with Gasteiger partial charge in [0.15, 0.2) is 17.4 Å². The van der Waals surface area contributed by atoms with Crippen LogP contribution in [0.3, 0.4) is 0 Å². The number of ether oxygens (including phenoxy) is 1. The molecular weight excluding hydrogens is 227 g/mol. The molecule has 0 heterocycles. The molecule has 88 valence electrons. The van der Waals surface area contributed by atoms with E-state index >= 15 is 0 Å². The Balaban J connectivity index is 3.42. The summed E-state index contributed by atoms with van der Waals surface area (Å²) in [7, 11) is 0.928. The number of halogens is 3. The van der Waals surface area contributed by atoms with Crippen LogP contribution in [0.4, 0.5) is 13.2 Å². The minimum Gasteiger partial charge on any atom is -0.491 e. The second-order valence-electron chi connectivity index (χ2n) is 2.92. The van der Waals surface area contributed by atoms with Crippen molar-refractivity contribution >= 4 is 5.97 Å². The standard InChI is InChI=1S/C9H8F3NO3/c1-16-8-5(11)3(7(13)9(14)15)2-4(10)6(8)12/h2,7H,13H2,1H3,(H,14,15)/t7-/m0/s1. The minimum absolute atomic E-state index is 0.395. The monoisotopic (exact) mass is 235 g/mol. The third kappa shape index (κ3) is 1.94. The fraction of sp³-hybridized carbons (Fsp3) is 0.222. The van der Waals surface area contributed by atoms with Gasteiger partial charge in [0.1, 0.15) is 6.04 Å². The van der Waals surface area contributed by atoms with Gasteiger partial charge in [0.05, 0.1) is 7.11 Å². The fourth-order valence-corrected chi connectivity index (χ4v) is 1.14. The summed E-state index contributed by atoms with van der Waals surface area (Å²) >= 11 is 0. The van der Waals surface area contributed by atoms with E-state index in [9.17, 15) is 18.0 Å². The highest BCUT2D eigenvalue weighted by atomic mass is 19.2. The van der Waals surface area contributed by atoms with E-state index in [2.05, 4.69) is 4.74 Å². The van der Waals surface area contributed by atoms with Crippen LogP contribution < -0.4 is 10.5 Å². The molecule has 0 spiro atoms. The lowest BCUT2D eigenvalue weighted by atomic mass is 10.1. The summed E-state index contributed by atoms with van der Waals surface area (Å²) < 4.78 is 43.7. The third-order valence-electron chi connectivity index (χ3n) is 1.95. The normalized spacial score (nSPS) is 12.3. The van der Waals surface area contributed by atoms with E-state index in [1.807, 2.05) is 0 Å². The quantitative estimate of drug-likeness (QED) is 0.772. The van der Waals surface area contributed by atoms with Crippen LogP contribution in [0, 0.1) is 17.5 Å². The summed E-state index contributed by atoms with van der Waals surface area (Å²) in [5, 5.41) is 8.53. The molecule has 1 aromatic carbocycles. The van der Waals surface area contributed by atoms with Gasteiger partial charge in [0.2, 0.25) is 5.82 Å². The van der Waals surface area contributed by atoms with Gasteiger partial charge in [-0.25, -0.2) is 8.78 Å². The molecule has 4 nitrogen and oxygen atoms in total. The number of nitrogens with two attached hydrogens (primary N) is 1. The first-order valence-corrected chi connectivity index (χ1v) is 4.10. The van der Waals surface area contributed by atoms with Gasteiger partial charge in [-0.15, -0.1) is 0 Å². The number of aliphatic carboxylic acids is 1. The van der Waals surface area contributed by atoms with E-state index in [0.717, 1.165) is 7.11 Å². The Morgan fingerprint density at radius 3 is 2.44 bits per heavy atom. The van der Waals surface area contributed by atoms with E-state index in [-0.39, 0.29) is 0 Å². The number of rotatable bonds is 3. The first-order chi connectivity index (χ1) is 7.40. The van der Waals surface area contributed by atoms with Gasteiger partial charge in [-0.2, -0.15) is 4.39 Å². The predicted molar refractivity (Wildman–Crippen MR) is 47.4 cm³/mol. The molecule has 1 atom stereocenters. The largest absolute Gasteiger partial charge is 0.491 e. The van der Waals surface area contributed by atoms with E-state index in [0.29, 0.717) is 6.07 Å². The van der Waals surface area contributed by atoms with E-state index in [4.69, 9.17) is 10.8 Å². The van der Waals surface area contributed by atoms with Gasteiger partial charge >= 0.3 is 5.97 Å². The molecule has 7 heteroatoms. The van der Waals surface area contributed by atoms with Crippen molar-refractivity contribution in [2.75, 3.05) is 7.11 Å². The lowest BCUT2D eigenvalue weighted by Crippen LogP contribution is -2.22. The van der Waals surface area contributed by atoms with Crippen LogP contribution in [0.1, 0.15) is 11.6 Å². The Labute approximate surface area is 88.4 Å². The SMILES string of the molecule is COc1c(F)c(F)cc([C@H](N)C(=O)O)c1F. The van der Waals surface area contributed by atoms with Gasteiger partial charge in [-0.05, 0) is 6.07 Å². The summed E-state index contributed by atoms with van der Waals surface area (Å²) in [6.45, 7) is 0. The zero-order chi connectivity index (χ0) is 12.5. The molecule has 0 radical (unpaired) electrons. The van der Waals surface area contributed by atoms with Crippen LogP contribution in [-0.4, -0.2) is 18.2 Å². The molecule has 0 bridgehead atoms. The number of benzene rings is 1. The minimum atomic E-state index is -1.79. The van der Waals surface area contributed by atoms with Gasteiger partial charge < -0.3 is 15.6 Å². The van der Waals surface area contributed by atoms with Crippen LogP contribution in [0.2, 0.25) is 0 Å². The molecule has 0 amide bonds. The number of carbonyl (C=O) groups is 1. The predicted octanol–water partition coefficient (Wildman–Crippen LogP) is 1.20. The number of carboxylic acids is 1. The highest BCUT2D eigenvalue weighted by Crippen LogP contribution is 2.29. The Bertz CT molecular complexity index is 436. The zero-order valence-electron chi connectivity index (χ0n) is 8.13. The summed E-state index contributed by atoms with van der Waals surface area (Å²) in [5.41, 5.74) is 4.42. The Morgan fingerprint density at radius 2 is 2.00 bits per heavy atom. The number of carboxylic acid groups (broad SMARTS) is 1. The van der Waals surface area contributed by atoms with Crippen molar-refractivity contribution in [2.24, 2.45) is 5.73 Å².